The number of anilines is 6. The molecule has 0 amide bonds. The van der Waals surface area contributed by atoms with Gasteiger partial charge >= 0.3 is 0 Å². The summed E-state index contributed by atoms with van der Waals surface area (Å²) in [4.78, 5) is 4.86. The molecule has 0 aliphatic heterocycles. The number of para-hydroxylation sites is 2. The maximum absolute atomic E-state index is 2.47. The minimum Gasteiger partial charge on any atom is -0.310 e. The van der Waals surface area contributed by atoms with Crippen molar-refractivity contribution in [3.05, 3.63) is 228 Å². The molecule has 1 atom stereocenters. The molecule has 0 N–H and O–H groups in total. The lowest BCUT2D eigenvalue weighted by Crippen LogP contribution is -2.18. The molecule has 308 valence electrons. The molecule has 4 aliphatic rings. The first kappa shape index (κ1) is 39.0. The van der Waals surface area contributed by atoms with Crippen molar-refractivity contribution in [1.82, 2.24) is 0 Å². The van der Waals surface area contributed by atoms with Gasteiger partial charge in [-0.15, -0.1) is 0 Å². The molecule has 0 heterocycles. The van der Waals surface area contributed by atoms with E-state index in [4.69, 9.17) is 0 Å². The lowest BCUT2D eigenvalue weighted by Gasteiger charge is -2.30. The van der Waals surface area contributed by atoms with Crippen LogP contribution in [-0.4, -0.2) is 0 Å². The van der Waals surface area contributed by atoms with Crippen LogP contribution in [0.3, 0.4) is 0 Å². The van der Waals surface area contributed by atoms with E-state index >= 15 is 0 Å². The predicted octanol–water partition coefficient (Wildman–Crippen LogP) is 17.0. The summed E-state index contributed by atoms with van der Waals surface area (Å²) in [7, 11) is 0. The summed E-state index contributed by atoms with van der Waals surface area (Å²) in [6.07, 6.45) is 14.7. The Kier molecular flexibility index (Phi) is 9.39. The maximum atomic E-state index is 2.47. The molecule has 0 radical (unpaired) electrons. The predicted molar refractivity (Wildman–Crippen MR) is 268 cm³/mol. The zero-order valence-corrected chi connectivity index (χ0v) is 37.1. The molecule has 4 aliphatic carbocycles. The Hall–Kier alpha value is -6.90. The molecular formula is C61H54N2. The van der Waals surface area contributed by atoms with Gasteiger partial charge < -0.3 is 9.80 Å². The van der Waals surface area contributed by atoms with Gasteiger partial charge in [-0.3, -0.25) is 0 Å². The molecular weight excluding hydrogens is 761 g/mol. The van der Waals surface area contributed by atoms with Crippen LogP contribution in [0.4, 0.5) is 34.1 Å². The van der Waals surface area contributed by atoms with E-state index in [0.29, 0.717) is 5.92 Å². The molecule has 0 saturated carbocycles. The SMILES string of the molecule is CC1CC=CC2=C1c1ccc(N(c3ccccc3)c3ccc(-c4ccc(N(c5ccccc5)c5ccc6c(c5)C(C)(C)c5ccccc5-6)cc4)c(C4=CC=CCC4)c3)cc1C2(C)C. The third-order valence-electron chi connectivity index (χ3n) is 14.4. The minimum absolute atomic E-state index is 0.0618. The van der Waals surface area contributed by atoms with Crippen LogP contribution in [0, 0.1) is 5.92 Å². The summed E-state index contributed by atoms with van der Waals surface area (Å²) in [6, 6.07) is 61.2. The molecule has 0 aromatic heterocycles. The van der Waals surface area contributed by atoms with Crippen molar-refractivity contribution in [1.29, 1.82) is 0 Å². The van der Waals surface area contributed by atoms with Crippen molar-refractivity contribution in [2.45, 2.75) is 64.7 Å². The summed E-state index contributed by atoms with van der Waals surface area (Å²) in [6.45, 7) is 11.9. The van der Waals surface area contributed by atoms with Crippen LogP contribution in [0.1, 0.15) is 81.7 Å². The third-order valence-corrected chi connectivity index (χ3v) is 14.4. The first-order chi connectivity index (χ1) is 30.7. The summed E-state index contributed by atoms with van der Waals surface area (Å²) in [5, 5.41) is 0. The van der Waals surface area contributed by atoms with Gasteiger partial charge in [-0.25, -0.2) is 0 Å². The maximum Gasteiger partial charge on any atom is 0.0468 e. The molecule has 0 bridgehead atoms. The van der Waals surface area contributed by atoms with Crippen molar-refractivity contribution in [3.63, 3.8) is 0 Å². The number of hydrogen-bond acceptors (Lipinski definition) is 2. The second-order valence-electron chi connectivity index (χ2n) is 18.9. The van der Waals surface area contributed by atoms with Gasteiger partial charge in [0.15, 0.2) is 0 Å². The monoisotopic (exact) mass is 814 g/mol. The van der Waals surface area contributed by atoms with Crippen LogP contribution in [0.2, 0.25) is 0 Å². The number of fused-ring (bicyclic) bond motifs is 5. The topological polar surface area (TPSA) is 6.48 Å². The lowest BCUT2D eigenvalue weighted by atomic mass is 9.79. The zero-order valence-electron chi connectivity index (χ0n) is 37.1. The van der Waals surface area contributed by atoms with Crippen LogP contribution in [-0.2, 0) is 10.8 Å². The van der Waals surface area contributed by atoms with Crippen LogP contribution < -0.4 is 9.80 Å². The quantitative estimate of drug-likeness (QED) is 0.151. The van der Waals surface area contributed by atoms with Crippen molar-refractivity contribution in [3.8, 4) is 22.3 Å². The number of hydrogen-bond donors (Lipinski definition) is 0. The van der Waals surface area contributed by atoms with Crippen molar-refractivity contribution < 1.29 is 0 Å². The number of rotatable bonds is 8. The molecule has 63 heavy (non-hydrogen) atoms. The number of benzene rings is 7. The van der Waals surface area contributed by atoms with E-state index in [2.05, 4.69) is 239 Å². The van der Waals surface area contributed by atoms with E-state index in [-0.39, 0.29) is 10.8 Å². The fraction of sp³-hybridized carbons (Fsp3) is 0.180. The van der Waals surface area contributed by atoms with Gasteiger partial charge in [-0.1, -0.05) is 156 Å². The molecule has 2 nitrogen and oxygen atoms in total. The molecule has 2 heteroatoms. The van der Waals surface area contributed by atoms with Crippen molar-refractivity contribution >= 4 is 45.3 Å². The van der Waals surface area contributed by atoms with E-state index in [1.54, 1.807) is 0 Å². The summed E-state index contributed by atoms with van der Waals surface area (Å²) in [5.74, 6) is 0.523. The van der Waals surface area contributed by atoms with E-state index in [1.807, 2.05) is 0 Å². The van der Waals surface area contributed by atoms with Crippen molar-refractivity contribution in [2.24, 2.45) is 5.92 Å². The average molecular weight is 815 g/mol. The van der Waals surface area contributed by atoms with Crippen molar-refractivity contribution in [2.75, 3.05) is 9.80 Å². The Bertz CT molecular complexity index is 3030. The minimum atomic E-state index is -0.0834. The molecule has 11 rings (SSSR count). The van der Waals surface area contributed by atoms with Crippen LogP contribution >= 0.6 is 0 Å². The molecule has 7 aromatic carbocycles. The number of nitrogens with zero attached hydrogens (tertiary/aromatic N) is 2. The Morgan fingerprint density at radius 1 is 0.460 bits per heavy atom. The second-order valence-corrected chi connectivity index (χ2v) is 18.9. The normalized spacial score (nSPS) is 17.4. The third kappa shape index (κ3) is 6.46. The molecule has 0 saturated heterocycles. The summed E-state index contributed by atoms with van der Waals surface area (Å²) in [5.41, 5.74) is 23.2. The number of allylic oxidation sites excluding steroid dienone is 8. The van der Waals surface area contributed by atoms with Gasteiger partial charge in [-0.05, 0) is 165 Å². The first-order valence-electron chi connectivity index (χ1n) is 22.8. The first-order valence-corrected chi connectivity index (χ1v) is 22.8. The van der Waals surface area contributed by atoms with Gasteiger partial charge in [0.2, 0.25) is 0 Å². The van der Waals surface area contributed by atoms with Gasteiger partial charge in [0.05, 0.1) is 0 Å². The molecule has 0 spiro atoms. The van der Waals surface area contributed by atoms with Gasteiger partial charge in [0, 0.05) is 45.0 Å². The Balaban J connectivity index is 1.000. The second kappa shape index (κ2) is 15.2. The summed E-state index contributed by atoms with van der Waals surface area (Å²) < 4.78 is 0. The average Bonchev–Trinajstić information content (AvgIpc) is 3.70. The van der Waals surface area contributed by atoms with Crippen LogP contribution in [0.15, 0.2) is 200 Å². The van der Waals surface area contributed by atoms with Gasteiger partial charge in [0.1, 0.15) is 0 Å². The van der Waals surface area contributed by atoms with E-state index in [1.165, 1.54) is 72.5 Å². The van der Waals surface area contributed by atoms with E-state index in [0.717, 1.165) is 47.7 Å². The Morgan fingerprint density at radius 3 is 1.67 bits per heavy atom. The van der Waals surface area contributed by atoms with E-state index in [9.17, 15) is 0 Å². The van der Waals surface area contributed by atoms with Gasteiger partial charge in [0.25, 0.3) is 0 Å². The van der Waals surface area contributed by atoms with Crippen LogP contribution in [0.25, 0.3) is 33.4 Å². The van der Waals surface area contributed by atoms with Gasteiger partial charge in [-0.2, -0.15) is 0 Å². The lowest BCUT2D eigenvalue weighted by molar-refractivity contribution is 0.643. The highest BCUT2D eigenvalue weighted by Gasteiger charge is 2.40. The largest absolute Gasteiger partial charge is 0.310 e. The fourth-order valence-electron chi connectivity index (χ4n) is 11.1. The molecule has 0 fully saturated rings. The highest BCUT2D eigenvalue weighted by Crippen LogP contribution is 2.54. The fourth-order valence-corrected chi connectivity index (χ4v) is 11.1. The molecule has 1 unspecified atom stereocenters. The van der Waals surface area contributed by atoms with E-state index < -0.39 is 0 Å². The Labute approximate surface area is 373 Å². The smallest absolute Gasteiger partial charge is 0.0468 e. The highest BCUT2D eigenvalue weighted by atomic mass is 15.1. The van der Waals surface area contributed by atoms with Crippen LogP contribution in [0.5, 0.6) is 0 Å². The Morgan fingerprint density at radius 2 is 1.00 bits per heavy atom. The zero-order chi connectivity index (χ0) is 42.9. The summed E-state index contributed by atoms with van der Waals surface area (Å²) >= 11 is 0. The highest BCUT2D eigenvalue weighted by molar-refractivity contribution is 5.91. The standard InChI is InChI=1S/C61H54N2/c1-41-18-17-27-56-59(41)53-37-34-49(40-58(53)61(56,4)5)63(45-23-13-8-14-24-45)47-32-35-50(54(38-47)42-19-9-6-10-20-42)43-28-30-46(31-29-43)62(44-21-11-7-12-22-44)48-33-36-52-51-25-15-16-26-55(51)60(2,3)57(52)39-48/h6-9,11-17,19,21-41H,10,18,20H2,1-5H3. The molecule has 7 aromatic rings.